The maximum Gasteiger partial charge on any atom is 0.458 e. The number of hydrogen-bond donors (Lipinski definition) is 0. The van der Waals surface area contributed by atoms with Crippen LogP contribution in [0.2, 0.25) is 0 Å². The highest BCUT2D eigenvalue weighted by Crippen LogP contribution is 2.32. The molecule has 0 aliphatic heterocycles. The molecule has 1 fully saturated rings. The summed E-state index contributed by atoms with van der Waals surface area (Å²) in [5.41, 5.74) is -1.01. The molecular formula is C19H19F5O2. The smallest absolute Gasteiger partial charge is 0.426 e. The second kappa shape index (κ2) is 8.52. The summed E-state index contributed by atoms with van der Waals surface area (Å²) < 4.78 is 68.8. The van der Waals surface area contributed by atoms with Crippen LogP contribution in [0, 0.1) is 35.3 Å². The molecule has 1 saturated carbocycles. The molecule has 1 aliphatic rings. The van der Waals surface area contributed by atoms with Gasteiger partial charge < -0.3 is 4.74 Å². The molecule has 0 unspecified atom stereocenters. The van der Waals surface area contributed by atoms with Crippen molar-refractivity contribution in [1.29, 1.82) is 0 Å². The summed E-state index contributed by atoms with van der Waals surface area (Å²) in [6, 6.07) is 1.34. The van der Waals surface area contributed by atoms with Crippen LogP contribution in [0.25, 0.3) is 0 Å². The molecular weight excluding hydrogens is 355 g/mol. The van der Waals surface area contributed by atoms with Gasteiger partial charge in [0, 0.05) is 18.1 Å². The molecule has 142 valence electrons. The van der Waals surface area contributed by atoms with Crippen LogP contribution >= 0.6 is 0 Å². The average molecular weight is 374 g/mol. The number of carbonyl (C=O) groups excluding carboxylic acids is 1. The Hall–Kier alpha value is -2.10. The van der Waals surface area contributed by atoms with E-state index in [0.717, 1.165) is 31.6 Å². The summed E-state index contributed by atoms with van der Waals surface area (Å²) in [5.74, 6) is -1.09. The maximum absolute atomic E-state index is 13.8. The van der Waals surface area contributed by atoms with Gasteiger partial charge in [-0.25, -0.2) is 8.78 Å². The van der Waals surface area contributed by atoms with Crippen LogP contribution in [0.15, 0.2) is 12.1 Å². The molecule has 0 saturated heterocycles. The van der Waals surface area contributed by atoms with E-state index in [9.17, 15) is 26.7 Å². The van der Waals surface area contributed by atoms with Gasteiger partial charge in [-0.1, -0.05) is 25.7 Å². The number of benzene rings is 1. The zero-order valence-electron chi connectivity index (χ0n) is 14.3. The van der Waals surface area contributed by atoms with E-state index in [1.807, 2.05) is 0 Å². The van der Waals surface area contributed by atoms with Crippen LogP contribution in [0.3, 0.4) is 0 Å². The number of esters is 1. The van der Waals surface area contributed by atoms with Gasteiger partial charge in [0.1, 0.15) is 17.4 Å². The largest absolute Gasteiger partial charge is 0.458 e. The molecule has 0 spiro atoms. The van der Waals surface area contributed by atoms with Crippen molar-refractivity contribution in [1.82, 2.24) is 0 Å². The van der Waals surface area contributed by atoms with Crippen LogP contribution in [0.1, 0.15) is 51.0 Å². The van der Waals surface area contributed by atoms with E-state index in [0.29, 0.717) is 30.9 Å². The van der Waals surface area contributed by atoms with Crippen molar-refractivity contribution in [2.75, 3.05) is 0 Å². The van der Waals surface area contributed by atoms with E-state index in [1.54, 1.807) is 0 Å². The van der Waals surface area contributed by atoms with Crippen molar-refractivity contribution in [2.45, 2.75) is 51.6 Å². The Kier molecular flexibility index (Phi) is 6.63. The van der Waals surface area contributed by atoms with Gasteiger partial charge >= 0.3 is 12.1 Å². The zero-order chi connectivity index (χ0) is 19.3. The first-order chi connectivity index (χ1) is 12.2. The van der Waals surface area contributed by atoms with Crippen molar-refractivity contribution < 1.29 is 31.5 Å². The predicted octanol–water partition coefficient (Wildman–Crippen LogP) is 5.39. The predicted molar refractivity (Wildman–Crippen MR) is 85.3 cm³/mol. The second-order valence-electron chi connectivity index (χ2n) is 6.44. The van der Waals surface area contributed by atoms with E-state index in [4.69, 9.17) is 4.74 Å². The van der Waals surface area contributed by atoms with Gasteiger partial charge in [0.15, 0.2) is 0 Å². The van der Waals surface area contributed by atoms with Gasteiger partial charge in [0.2, 0.25) is 0 Å². The van der Waals surface area contributed by atoms with Crippen LogP contribution in [-0.4, -0.2) is 12.1 Å². The highest BCUT2D eigenvalue weighted by Gasteiger charge is 2.28. The molecule has 2 rings (SSSR count). The number of carbonyl (C=O) groups is 1. The molecule has 0 amide bonds. The Labute approximate surface area is 148 Å². The van der Waals surface area contributed by atoms with Crippen LogP contribution in [0.5, 0.6) is 5.75 Å². The molecule has 1 aromatic carbocycles. The topological polar surface area (TPSA) is 26.3 Å². The van der Waals surface area contributed by atoms with Gasteiger partial charge in [0.25, 0.3) is 0 Å². The first-order valence-corrected chi connectivity index (χ1v) is 8.50. The Bertz CT molecular complexity index is 684. The quantitative estimate of drug-likeness (QED) is 0.306. The maximum atomic E-state index is 13.8. The fourth-order valence-corrected chi connectivity index (χ4v) is 3.16. The monoisotopic (exact) mass is 374 g/mol. The van der Waals surface area contributed by atoms with Crippen LogP contribution < -0.4 is 4.74 Å². The van der Waals surface area contributed by atoms with E-state index < -0.39 is 29.3 Å². The lowest BCUT2D eigenvalue weighted by Crippen LogP contribution is -2.25. The van der Waals surface area contributed by atoms with Gasteiger partial charge in [-0.05, 0) is 31.6 Å². The van der Waals surface area contributed by atoms with Crippen molar-refractivity contribution in [2.24, 2.45) is 11.8 Å². The molecule has 1 aromatic rings. The summed E-state index contributed by atoms with van der Waals surface area (Å²) in [7, 11) is 0. The number of ether oxygens (including phenoxy) is 1. The zero-order valence-corrected chi connectivity index (χ0v) is 14.3. The van der Waals surface area contributed by atoms with Crippen LogP contribution in [0.4, 0.5) is 22.0 Å². The lowest BCUT2D eigenvalue weighted by Gasteiger charge is -2.26. The third-order valence-corrected chi connectivity index (χ3v) is 4.44. The van der Waals surface area contributed by atoms with Crippen molar-refractivity contribution in [3.8, 4) is 17.6 Å². The fraction of sp³-hybridized carbons (Fsp3) is 0.526. The van der Waals surface area contributed by atoms with E-state index in [-0.39, 0.29) is 11.7 Å². The van der Waals surface area contributed by atoms with Crippen molar-refractivity contribution >= 4 is 5.97 Å². The van der Waals surface area contributed by atoms with Crippen molar-refractivity contribution in [3.05, 3.63) is 29.3 Å². The molecule has 2 nitrogen and oxygen atoms in total. The van der Waals surface area contributed by atoms with Gasteiger partial charge in [0.05, 0.1) is 11.5 Å². The summed E-state index contributed by atoms with van der Waals surface area (Å²) in [6.45, 7) is 2.10. The summed E-state index contributed by atoms with van der Waals surface area (Å²) in [4.78, 5) is 12.2. The van der Waals surface area contributed by atoms with E-state index in [2.05, 4.69) is 6.92 Å². The highest BCUT2D eigenvalue weighted by molar-refractivity contribution is 5.75. The molecule has 7 heteroatoms. The molecule has 0 heterocycles. The molecule has 0 N–H and O–H groups in total. The van der Waals surface area contributed by atoms with Crippen LogP contribution in [-0.2, 0) is 4.79 Å². The lowest BCUT2D eigenvalue weighted by molar-refractivity contribution is -0.140. The first kappa shape index (κ1) is 20.2. The minimum absolute atomic E-state index is 0.334. The summed E-state index contributed by atoms with van der Waals surface area (Å²) in [5, 5.41) is 0. The Morgan fingerprint density at radius 1 is 1.15 bits per heavy atom. The minimum atomic E-state index is -4.86. The van der Waals surface area contributed by atoms with Crippen molar-refractivity contribution in [3.63, 3.8) is 0 Å². The Balaban J connectivity index is 2.04. The number of halogens is 5. The number of alkyl halides is 3. The lowest BCUT2D eigenvalue weighted by atomic mass is 9.80. The Morgan fingerprint density at radius 3 is 2.23 bits per heavy atom. The average Bonchev–Trinajstić information content (AvgIpc) is 2.54. The van der Waals surface area contributed by atoms with Gasteiger partial charge in [-0.15, -0.1) is 0 Å². The first-order valence-electron chi connectivity index (χ1n) is 8.50. The fourth-order valence-electron chi connectivity index (χ4n) is 3.16. The summed E-state index contributed by atoms with van der Waals surface area (Å²) >= 11 is 0. The minimum Gasteiger partial charge on any atom is -0.426 e. The van der Waals surface area contributed by atoms with E-state index in [1.165, 1.54) is 5.92 Å². The molecule has 26 heavy (non-hydrogen) atoms. The normalized spacial score (nSPS) is 20.2. The second-order valence-corrected chi connectivity index (χ2v) is 6.44. The molecule has 1 aliphatic carbocycles. The third kappa shape index (κ3) is 5.72. The molecule has 0 bridgehead atoms. The standard InChI is InChI=1S/C19H19F5O2/c1-2-3-12-4-6-13(7-5-12)18(25)26-14-10-16(20)15(17(21)11-14)8-9-19(22,23)24/h10-13H,2-7H2,1H3. The number of rotatable bonds is 4. The van der Waals surface area contributed by atoms with Gasteiger partial charge in [-0.2, -0.15) is 13.2 Å². The van der Waals surface area contributed by atoms with E-state index >= 15 is 0 Å². The molecule has 0 aromatic heterocycles. The molecule has 0 atom stereocenters. The third-order valence-electron chi connectivity index (χ3n) is 4.44. The number of hydrogen-bond acceptors (Lipinski definition) is 2. The molecule has 0 radical (unpaired) electrons. The highest BCUT2D eigenvalue weighted by atomic mass is 19.4. The Morgan fingerprint density at radius 2 is 1.73 bits per heavy atom. The SMILES string of the molecule is CCCC1CCC(C(=O)Oc2cc(F)c(C#CC(F)(F)F)c(F)c2)CC1. The summed E-state index contributed by atoms with van der Waals surface area (Å²) in [6.07, 6.45) is 0.457. The van der Waals surface area contributed by atoms with Gasteiger partial charge in [-0.3, -0.25) is 4.79 Å².